The molecule has 2 fully saturated rings. The van der Waals surface area contributed by atoms with Crippen molar-refractivity contribution in [3.05, 3.63) is 0 Å². The zero-order chi connectivity index (χ0) is 12.8. The summed E-state index contributed by atoms with van der Waals surface area (Å²) in [6, 6.07) is 0. The highest BCUT2D eigenvalue weighted by Gasteiger charge is 2.33. The second-order valence-corrected chi connectivity index (χ2v) is 5.75. The van der Waals surface area contributed by atoms with Crippen LogP contribution < -0.4 is 10.6 Å². The van der Waals surface area contributed by atoms with E-state index in [1.165, 1.54) is 32.1 Å². The number of piperidine rings is 1. The molecule has 1 atom stereocenters. The second kappa shape index (κ2) is 8.08. The van der Waals surface area contributed by atoms with E-state index in [0.717, 1.165) is 19.4 Å². The van der Waals surface area contributed by atoms with Gasteiger partial charge < -0.3 is 15.4 Å². The molecule has 0 aromatic rings. The van der Waals surface area contributed by atoms with Gasteiger partial charge in [0, 0.05) is 6.54 Å². The third kappa shape index (κ3) is 4.93. The molecule has 1 amide bonds. The van der Waals surface area contributed by atoms with Crippen LogP contribution in [-0.4, -0.2) is 37.2 Å². The van der Waals surface area contributed by atoms with Crippen molar-refractivity contribution in [3.8, 4) is 0 Å². The molecule has 19 heavy (non-hydrogen) atoms. The molecule has 1 saturated heterocycles. The summed E-state index contributed by atoms with van der Waals surface area (Å²) in [5.41, 5.74) is -0.369. The average molecular weight is 291 g/mol. The fourth-order valence-electron chi connectivity index (χ4n) is 2.89. The number of hydrogen-bond acceptors (Lipinski definition) is 3. The van der Waals surface area contributed by atoms with E-state index in [9.17, 15) is 4.79 Å². The number of halogens is 1. The van der Waals surface area contributed by atoms with Crippen molar-refractivity contribution < 1.29 is 9.53 Å². The van der Waals surface area contributed by atoms with Gasteiger partial charge in [-0.1, -0.05) is 12.8 Å². The first-order valence-corrected chi connectivity index (χ1v) is 7.36. The van der Waals surface area contributed by atoms with Crippen molar-refractivity contribution >= 4 is 18.3 Å². The van der Waals surface area contributed by atoms with E-state index in [2.05, 4.69) is 10.6 Å². The molecular formula is C14H27ClN2O2. The summed E-state index contributed by atoms with van der Waals surface area (Å²) in [6.45, 7) is 4.22. The molecule has 0 bridgehead atoms. The molecule has 1 unspecified atom stereocenters. The molecule has 112 valence electrons. The molecule has 1 saturated carbocycles. The van der Waals surface area contributed by atoms with Gasteiger partial charge in [-0.3, -0.25) is 4.79 Å². The highest BCUT2D eigenvalue weighted by Crippen LogP contribution is 2.21. The van der Waals surface area contributed by atoms with Crippen LogP contribution in [0.5, 0.6) is 0 Å². The minimum absolute atomic E-state index is 0. The molecular weight excluding hydrogens is 264 g/mol. The van der Waals surface area contributed by atoms with Crippen molar-refractivity contribution in [2.45, 2.75) is 63.5 Å². The Labute approximate surface area is 122 Å². The highest BCUT2D eigenvalue weighted by molar-refractivity contribution is 5.86. The van der Waals surface area contributed by atoms with Crippen LogP contribution >= 0.6 is 12.4 Å². The zero-order valence-electron chi connectivity index (χ0n) is 11.9. The van der Waals surface area contributed by atoms with Crippen LogP contribution in [0.25, 0.3) is 0 Å². The van der Waals surface area contributed by atoms with Gasteiger partial charge in [-0.25, -0.2) is 0 Å². The molecule has 0 aromatic carbocycles. The van der Waals surface area contributed by atoms with Crippen LogP contribution in [0.4, 0.5) is 0 Å². The Kier molecular flexibility index (Phi) is 7.11. The quantitative estimate of drug-likeness (QED) is 0.762. The molecule has 0 spiro atoms. The first-order valence-electron chi connectivity index (χ1n) is 7.36. The van der Waals surface area contributed by atoms with Gasteiger partial charge in [0.25, 0.3) is 0 Å². The summed E-state index contributed by atoms with van der Waals surface area (Å²) >= 11 is 0. The topological polar surface area (TPSA) is 50.4 Å². The summed E-state index contributed by atoms with van der Waals surface area (Å²) in [7, 11) is 0. The monoisotopic (exact) mass is 290 g/mol. The van der Waals surface area contributed by atoms with E-state index < -0.39 is 0 Å². The first-order chi connectivity index (χ1) is 8.71. The summed E-state index contributed by atoms with van der Waals surface area (Å²) in [5.74, 6) is 0.122. The number of rotatable bonds is 5. The summed E-state index contributed by atoms with van der Waals surface area (Å²) in [4.78, 5) is 12.1. The minimum atomic E-state index is -0.369. The lowest BCUT2D eigenvalue weighted by molar-refractivity contribution is -0.128. The molecule has 2 rings (SSSR count). The van der Waals surface area contributed by atoms with Crippen molar-refractivity contribution in [1.29, 1.82) is 0 Å². The lowest BCUT2D eigenvalue weighted by Gasteiger charge is -2.33. The Hall–Kier alpha value is -0.320. The standard InChI is InChI=1S/C14H26N2O2.ClH/c1-14(8-4-5-9-16-14)13(17)15-10-11-18-12-6-2-3-7-12;/h12,16H,2-11H2,1H3,(H,15,17);1H. The van der Waals surface area contributed by atoms with Gasteiger partial charge in [0.15, 0.2) is 0 Å². The molecule has 5 heteroatoms. The number of amides is 1. The molecule has 0 aromatic heterocycles. The maximum atomic E-state index is 12.1. The number of nitrogens with one attached hydrogen (secondary N) is 2. The summed E-state index contributed by atoms with van der Waals surface area (Å²) < 4.78 is 5.74. The van der Waals surface area contributed by atoms with Crippen LogP contribution in [-0.2, 0) is 9.53 Å². The molecule has 2 aliphatic rings. The zero-order valence-corrected chi connectivity index (χ0v) is 12.7. The molecule has 1 heterocycles. The lowest BCUT2D eigenvalue weighted by atomic mass is 9.90. The predicted molar refractivity (Wildman–Crippen MR) is 78.7 cm³/mol. The average Bonchev–Trinajstić information content (AvgIpc) is 2.88. The van der Waals surface area contributed by atoms with E-state index >= 15 is 0 Å². The van der Waals surface area contributed by atoms with Crippen molar-refractivity contribution in [3.63, 3.8) is 0 Å². The highest BCUT2D eigenvalue weighted by atomic mass is 35.5. The van der Waals surface area contributed by atoms with E-state index in [-0.39, 0.29) is 23.9 Å². The Morgan fingerprint density at radius 3 is 2.68 bits per heavy atom. The largest absolute Gasteiger partial charge is 0.376 e. The third-order valence-electron chi connectivity index (χ3n) is 4.16. The first kappa shape index (κ1) is 16.7. The van der Waals surface area contributed by atoms with E-state index in [1.54, 1.807) is 0 Å². The Morgan fingerprint density at radius 2 is 2.05 bits per heavy atom. The van der Waals surface area contributed by atoms with Crippen LogP contribution in [0, 0.1) is 0 Å². The fourth-order valence-corrected chi connectivity index (χ4v) is 2.89. The van der Waals surface area contributed by atoms with E-state index in [0.29, 0.717) is 19.3 Å². The number of carbonyl (C=O) groups excluding carboxylic acids is 1. The van der Waals surface area contributed by atoms with Gasteiger partial charge >= 0.3 is 0 Å². The van der Waals surface area contributed by atoms with Crippen molar-refractivity contribution in [1.82, 2.24) is 10.6 Å². The smallest absolute Gasteiger partial charge is 0.240 e. The van der Waals surface area contributed by atoms with Crippen molar-refractivity contribution in [2.75, 3.05) is 19.7 Å². The Balaban J connectivity index is 0.00000180. The third-order valence-corrected chi connectivity index (χ3v) is 4.16. The molecule has 1 aliphatic carbocycles. The van der Waals surface area contributed by atoms with Crippen LogP contribution in [0.2, 0.25) is 0 Å². The number of hydrogen-bond donors (Lipinski definition) is 2. The Bertz CT molecular complexity index is 275. The second-order valence-electron chi connectivity index (χ2n) is 5.75. The van der Waals surface area contributed by atoms with Gasteiger partial charge in [-0.05, 0) is 45.6 Å². The number of carbonyl (C=O) groups is 1. The van der Waals surface area contributed by atoms with Gasteiger partial charge in [-0.15, -0.1) is 12.4 Å². The predicted octanol–water partition coefficient (Wildman–Crippen LogP) is 2.02. The molecule has 0 radical (unpaired) electrons. The lowest BCUT2D eigenvalue weighted by Crippen LogP contribution is -2.57. The molecule has 2 N–H and O–H groups in total. The van der Waals surface area contributed by atoms with Gasteiger partial charge in [0.2, 0.25) is 5.91 Å². The van der Waals surface area contributed by atoms with Crippen LogP contribution in [0.3, 0.4) is 0 Å². The van der Waals surface area contributed by atoms with E-state index in [4.69, 9.17) is 4.74 Å². The van der Waals surface area contributed by atoms with Crippen molar-refractivity contribution in [2.24, 2.45) is 0 Å². The maximum Gasteiger partial charge on any atom is 0.240 e. The molecule has 1 aliphatic heterocycles. The van der Waals surface area contributed by atoms with Gasteiger partial charge in [0.05, 0.1) is 18.2 Å². The summed E-state index contributed by atoms with van der Waals surface area (Å²) in [5, 5.41) is 6.31. The van der Waals surface area contributed by atoms with Crippen LogP contribution in [0.1, 0.15) is 51.9 Å². The maximum absolute atomic E-state index is 12.1. The van der Waals surface area contributed by atoms with Gasteiger partial charge in [0.1, 0.15) is 0 Å². The van der Waals surface area contributed by atoms with Gasteiger partial charge in [-0.2, -0.15) is 0 Å². The van der Waals surface area contributed by atoms with E-state index in [1.807, 2.05) is 6.92 Å². The fraction of sp³-hybridized carbons (Fsp3) is 0.929. The minimum Gasteiger partial charge on any atom is -0.376 e. The number of ether oxygens (including phenoxy) is 1. The normalized spacial score (nSPS) is 27.8. The molecule has 4 nitrogen and oxygen atoms in total. The van der Waals surface area contributed by atoms with Crippen LogP contribution in [0.15, 0.2) is 0 Å². The SMILES string of the molecule is CC1(C(=O)NCCOC2CCCC2)CCCCN1.Cl. The Morgan fingerprint density at radius 1 is 1.32 bits per heavy atom. The summed E-state index contributed by atoms with van der Waals surface area (Å²) in [6.07, 6.45) is 8.63.